The molecule has 0 bridgehead atoms. The number of carbonyl (C=O) groups excluding carboxylic acids is 1. The molecule has 4 nitrogen and oxygen atoms in total. The first kappa shape index (κ1) is 19.2. The van der Waals surface area contributed by atoms with E-state index >= 15 is 0 Å². The van der Waals surface area contributed by atoms with Crippen molar-refractivity contribution in [2.45, 2.75) is 58.3 Å². The van der Waals surface area contributed by atoms with Crippen molar-refractivity contribution < 1.29 is 4.79 Å². The minimum absolute atomic E-state index is 0.179. The Morgan fingerprint density at radius 2 is 1.79 bits per heavy atom. The van der Waals surface area contributed by atoms with Crippen LogP contribution in [-0.4, -0.2) is 34.8 Å². The zero-order chi connectivity index (χ0) is 19.7. The van der Waals surface area contributed by atoms with Gasteiger partial charge in [0.05, 0.1) is 0 Å². The lowest BCUT2D eigenvalue weighted by Gasteiger charge is -2.36. The number of nitrogens with zero attached hydrogens (tertiary/aromatic N) is 2. The molecule has 2 aromatic carbocycles. The van der Waals surface area contributed by atoms with Gasteiger partial charge in [0.1, 0.15) is 0 Å². The molecule has 148 valence electrons. The fourth-order valence-corrected chi connectivity index (χ4v) is 4.58. The van der Waals surface area contributed by atoms with Crippen molar-refractivity contribution in [2.75, 3.05) is 13.1 Å². The van der Waals surface area contributed by atoms with Gasteiger partial charge in [0.2, 0.25) is 0 Å². The number of rotatable bonds is 5. The molecule has 0 aliphatic carbocycles. The molecular weight excluding hydrogens is 346 g/mol. The lowest BCUT2D eigenvalue weighted by atomic mass is 10.00. The zero-order valence-corrected chi connectivity index (χ0v) is 17.0. The van der Waals surface area contributed by atoms with Crippen LogP contribution in [0.15, 0.2) is 42.5 Å². The highest BCUT2D eigenvalue weighted by molar-refractivity contribution is 6.00. The summed E-state index contributed by atoms with van der Waals surface area (Å²) in [4.78, 5) is 17.6. The summed E-state index contributed by atoms with van der Waals surface area (Å²) in [6.45, 7) is 8.71. The summed E-state index contributed by atoms with van der Waals surface area (Å²) in [5.74, 6) is 0.755. The van der Waals surface area contributed by atoms with Crippen LogP contribution in [-0.2, 0) is 19.6 Å². The maximum atomic E-state index is 13.0. The Kier molecular flexibility index (Phi) is 5.51. The van der Waals surface area contributed by atoms with Gasteiger partial charge >= 0.3 is 0 Å². The Morgan fingerprint density at radius 1 is 1.07 bits per heavy atom. The summed E-state index contributed by atoms with van der Waals surface area (Å²) in [5, 5.41) is 0. The Labute approximate surface area is 168 Å². The first-order valence-electron chi connectivity index (χ1n) is 10.5. The normalized spacial score (nSPS) is 18.1. The van der Waals surface area contributed by atoms with Crippen molar-refractivity contribution in [1.82, 2.24) is 9.80 Å². The van der Waals surface area contributed by atoms with Crippen LogP contribution in [0, 0.1) is 0 Å². The van der Waals surface area contributed by atoms with Crippen LogP contribution >= 0.6 is 0 Å². The number of fused-ring (bicyclic) bond motifs is 1. The van der Waals surface area contributed by atoms with Gasteiger partial charge in [-0.1, -0.05) is 56.3 Å². The van der Waals surface area contributed by atoms with Gasteiger partial charge in [-0.15, -0.1) is 0 Å². The topological polar surface area (TPSA) is 49.6 Å². The molecule has 1 saturated heterocycles. The van der Waals surface area contributed by atoms with Crippen LogP contribution in [0.3, 0.4) is 0 Å². The quantitative estimate of drug-likeness (QED) is 0.860. The van der Waals surface area contributed by atoms with Crippen LogP contribution in [0.1, 0.15) is 65.2 Å². The SMILES string of the molecule is CC(C)c1ccc(CN2CCC(N3Cc4cccc(CN)c4C3=O)CC2)cc1. The highest BCUT2D eigenvalue weighted by Gasteiger charge is 2.35. The second-order valence-corrected chi connectivity index (χ2v) is 8.49. The Morgan fingerprint density at radius 3 is 2.43 bits per heavy atom. The largest absolute Gasteiger partial charge is 0.331 e. The molecule has 1 amide bonds. The average Bonchev–Trinajstić information content (AvgIpc) is 3.06. The molecule has 0 aromatic heterocycles. The molecule has 2 aliphatic rings. The van der Waals surface area contributed by atoms with Gasteiger partial charge in [-0.2, -0.15) is 0 Å². The van der Waals surface area contributed by atoms with E-state index in [1.165, 1.54) is 11.1 Å². The molecule has 0 atom stereocenters. The van der Waals surface area contributed by atoms with Gasteiger partial charge in [0.25, 0.3) is 5.91 Å². The molecule has 2 aliphatic heterocycles. The van der Waals surface area contributed by atoms with Crippen LogP contribution < -0.4 is 5.73 Å². The molecule has 2 aromatic rings. The minimum atomic E-state index is 0.179. The Hall–Kier alpha value is -2.17. The molecular formula is C24H31N3O. The number of benzene rings is 2. The third kappa shape index (κ3) is 3.71. The number of amides is 1. The van der Waals surface area contributed by atoms with Crippen LogP contribution in [0.4, 0.5) is 0 Å². The highest BCUT2D eigenvalue weighted by atomic mass is 16.2. The molecule has 0 unspecified atom stereocenters. The number of nitrogens with two attached hydrogens (primary N) is 1. The average molecular weight is 378 g/mol. The standard InChI is InChI=1S/C24H31N3O/c1-17(2)19-8-6-18(7-9-19)15-26-12-10-22(11-13-26)27-16-21-5-3-4-20(14-25)23(21)24(27)28/h3-9,17,22H,10-16,25H2,1-2H3. The fraction of sp³-hybridized carbons (Fsp3) is 0.458. The van der Waals surface area contributed by atoms with Crippen molar-refractivity contribution in [3.63, 3.8) is 0 Å². The van der Waals surface area contributed by atoms with Gasteiger partial charge in [-0.25, -0.2) is 0 Å². The van der Waals surface area contributed by atoms with E-state index in [0.717, 1.165) is 55.7 Å². The number of hydrogen-bond acceptors (Lipinski definition) is 3. The predicted octanol–water partition coefficient (Wildman–Crippen LogP) is 3.89. The number of piperidine rings is 1. The van der Waals surface area contributed by atoms with E-state index < -0.39 is 0 Å². The summed E-state index contributed by atoms with van der Waals surface area (Å²) in [5.41, 5.74) is 11.6. The van der Waals surface area contributed by atoms with Crippen LogP contribution in [0.5, 0.6) is 0 Å². The first-order chi connectivity index (χ1) is 13.6. The van der Waals surface area contributed by atoms with Crippen molar-refractivity contribution in [3.8, 4) is 0 Å². The lowest BCUT2D eigenvalue weighted by Crippen LogP contribution is -2.44. The van der Waals surface area contributed by atoms with E-state index in [1.807, 2.05) is 12.1 Å². The number of hydrogen-bond donors (Lipinski definition) is 1. The molecule has 0 radical (unpaired) electrons. The van der Waals surface area contributed by atoms with Crippen molar-refractivity contribution in [3.05, 3.63) is 70.3 Å². The molecule has 2 heterocycles. The first-order valence-corrected chi connectivity index (χ1v) is 10.5. The monoisotopic (exact) mass is 377 g/mol. The third-order valence-corrected chi connectivity index (χ3v) is 6.32. The number of carbonyl (C=O) groups is 1. The van der Waals surface area contributed by atoms with Crippen molar-refractivity contribution in [1.29, 1.82) is 0 Å². The van der Waals surface area contributed by atoms with E-state index in [9.17, 15) is 4.79 Å². The van der Waals surface area contributed by atoms with Crippen LogP contribution in [0.2, 0.25) is 0 Å². The smallest absolute Gasteiger partial charge is 0.255 e. The van der Waals surface area contributed by atoms with E-state index in [1.54, 1.807) is 0 Å². The molecule has 0 saturated carbocycles. The third-order valence-electron chi connectivity index (χ3n) is 6.32. The minimum Gasteiger partial charge on any atom is -0.331 e. The van der Waals surface area contributed by atoms with Crippen molar-refractivity contribution >= 4 is 5.91 Å². The molecule has 4 heteroatoms. The summed E-state index contributed by atoms with van der Waals surface area (Å²) in [7, 11) is 0. The maximum Gasteiger partial charge on any atom is 0.255 e. The molecule has 2 N–H and O–H groups in total. The summed E-state index contributed by atoms with van der Waals surface area (Å²) < 4.78 is 0. The van der Waals surface area contributed by atoms with Crippen molar-refractivity contribution in [2.24, 2.45) is 5.73 Å². The second-order valence-electron chi connectivity index (χ2n) is 8.49. The Bertz CT molecular complexity index is 835. The molecule has 4 rings (SSSR count). The van der Waals surface area contributed by atoms with E-state index in [0.29, 0.717) is 18.5 Å². The van der Waals surface area contributed by atoms with E-state index in [-0.39, 0.29) is 5.91 Å². The maximum absolute atomic E-state index is 13.0. The summed E-state index contributed by atoms with van der Waals surface area (Å²) >= 11 is 0. The van der Waals surface area contributed by atoms with Crippen LogP contribution in [0.25, 0.3) is 0 Å². The molecule has 1 fully saturated rings. The predicted molar refractivity (Wildman–Crippen MR) is 113 cm³/mol. The second kappa shape index (κ2) is 8.06. The summed E-state index contributed by atoms with van der Waals surface area (Å²) in [6.07, 6.45) is 2.09. The zero-order valence-electron chi connectivity index (χ0n) is 17.0. The van der Waals surface area contributed by atoms with Gasteiger partial charge < -0.3 is 10.6 Å². The van der Waals surface area contributed by atoms with Gasteiger partial charge in [0.15, 0.2) is 0 Å². The molecule has 28 heavy (non-hydrogen) atoms. The van der Waals surface area contributed by atoms with Gasteiger partial charge in [-0.05, 0) is 41.0 Å². The molecule has 0 spiro atoms. The lowest BCUT2D eigenvalue weighted by molar-refractivity contribution is 0.0589. The Balaban J connectivity index is 1.35. The highest BCUT2D eigenvalue weighted by Crippen LogP contribution is 2.31. The summed E-state index contributed by atoms with van der Waals surface area (Å²) in [6, 6.07) is 15.4. The van der Waals surface area contributed by atoms with Gasteiger partial charge in [-0.3, -0.25) is 9.69 Å². The van der Waals surface area contributed by atoms with Gasteiger partial charge in [0, 0.05) is 44.3 Å². The fourth-order valence-electron chi connectivity index (χ4n) is 4.58. The van der Waals surface area contributed by atoms with E-state index in [2.05, 4.69) is 54.0 Å². The number of likely N-dealkylation sites (tertiary alicyclic amines) is 1. The van der Waals surface area contributed by atoms with E-state index in [4.69, 9.17) is 5.73 Å².